The van der Waals surface area contributed by atoms with E-state index in [2.05, 4.69) is 17.1 Å². The van der Waals surface area contributed by atoms with Crippen molar-refractivity contribution < 1.29 is 8.42 Å². The summed E-state index contributed by atoms with van der Waals surface area (Å²) in [5.74, 6) is 0.877. The van der Waals surface area contributed by atoms with Gasteiger partial charge in [0.25, 0.3) is 10.2 Å². The van der Waals surface area contributed by atoms with Gasteiger partial charge in [0, 0.05) is 46.3 Å². The Hall–Kier alpha value is -0.210. The van der Waals surface area contributed by atoms with Gasteiger partial charge in [-0.25, -0.2) is 0 Å². The predicted molar refractivity (Wildman–Crippen MR) is 85.4 cm³/mol. The SMILES string of the molecule is CCNCCCN(C)S(=O)(=O)N1CCN(CC2CC2)CC1. The summed E-state index contributed by atoms with van der Waals surface area (Å²) in [4.78, 5) is 2.41. The van der Waals surface area contributed by atoms with Crippen LogP contribution in [0.25, 0.3) is 0 Å². The first kappa shape index (κ1) is 17.1. The molecule has 0 aromatic carbocycles. The largest absolute Gasteiger partial charge is 0.317 e. The molecular weight excluding hydrogens is 288 g/mol. The van der Waals surface area contributed by atoms with Crippen molar-refractivity contribution in [1.82, 2.24) is 18.8 Å². The van der Waals surface area contributed by atoms with Crippen LogP contribution in [0, 0.1) is 5.92 Å². The molecule has 2 aliphatic rings. The molecule has 0 aromatic heterocycles. The molecule has 1 heterocycles. The first-order valence-electron chi connectivity index (χ1n) is 8.18. The van der Waals surface area contributed by atoms with Crippen molar-refractivity contribution in [1.29, 1.82) is 0 Å². The monoisotopic (exact) mass is 318 g/mol. The van der Waals surface area contributed by atoms with Gasteiger partial charge in [-0.1, -0.05) is 6.92 Å². The standard InChI is InChI=1S/C14H30N4O2S/c1-3-15-7-4-8-16(2)21(19,20)18-11-9-17(10-12-18)13-14-5-6-14/h14-15H,3-13H2,1-2H3. The number of piperazine rings is 1. The van der Waals surface area contributed by atoms with E-state index in [-0.39, 0.29) is 0 Å². The van der Waals surface area contributed by atoms with Crippen LogP contribution in [0.3, 0.4) is 0 Å². The second-order valence-corrected chi connectivity index (χ2v) is 8.21. The van der Waals surface area contributed by atoms with Crippen LogP contribution in [0.2, 0.25) is 0 Å². The van der Waals surface area contributed by atoms with Gasteiger partial charge in [-0.3, -0.25) is 0 Å². The highest BCUT2D eigenvalue weighted by Crippen LogP contribution is 2.30. The lowest BCUT2D eigenvalue weighted by molar-refractivity contribution is 0.177. The number of hydrogen-bond donors (Lipinski definition) is 1. The van der Waals surface area contributed by atoms with Crippen LogP contribution in [0.4, 0.5) is 0 Å². The molecule has 21 heavy (non-hydrogen) atoms. The molecular formula is C14H30N4O2S. The highest BCUT2D eigenvalue weighted by Gasteiger charge is 2.32. The Bertz CT molecular complexity index is 403. The van der Waals surface area contributed by atoms with Crippen molar-refractivity contribution in [3.63, 3.8) is 0 Å². The molecule has 7 heteroatoms. The molecule has 1 saturated carbocycles. The topological polar surface area (TPSA) is 55.9 Å². The molecule has 0 bridgehead atoms. The Morgan fingerprint density at radius 1 is 1.19 bits per heavy atom. The Labute approximate surface area is 129 Å². The summed E-state index contributed by atoms with van der Waals surface area (Å²) in [6.45, 7) is 8.61. The van der Waals surface area contributed by atoms with Gasteiger partial charge >= 0.3 is 0 Å². The van der Waals surface area contributed by atoms with E-state index in [1.165, 1.54) is 17.1 Å². The first-order valence-corrected chi connectivity index (χ1v) is 9.58. The average Bonchev–Trinajstić information content (AvgIpc) is 3.28. The van der Waals surface area contributed by atoms with Crippen LogP contribution >= 0.6 is 0 Å². The Balaban J connectivity index is 1.74. The van der Waals surface area contributed by atoms with E-state index >= 15 is 0 Å². The molecule has 1 aliphatic carbocycles. The third-order valence-corrected chi connectivity index (χ3v) is 6.33. The van der Waals surface area contributed by atoms with E-state index < -0.39 is 10.2 Å². The lowest BCUT2D eigenvalue weighted by Crippen LogP contribution is -2.52. The molecule has 1 aliphatic heterocycles. The van der Waals surface area contributed by atoms with Crippen molar-refractivity contribution >= 4 is 10.2 Å². The zero-order valence-electron chi connectivity index (χ0n) is 13.4. The lowest BCUT2D eigenvalue weighted by Gasteiger charge is -2.35. The molecule has 124 valence electrons. The average molecular weight is 318 g/mol. The van der Waals surface area contributed by atoms with Crippen LogP contribution in [-0.2, 0) is 10.2 Å². The fourth-order valence-electron chi connectivity index (χ4n) is 2.72. The van der Waals surface area contributed by atoms with Gasteiger partial charge in [0.15, 0.2) is 0 Å². The van der Waals surface area contributed by atoms with Crippen molar-refractivity contribution in [3.8, 4) is 0 Å². The molecule has 2 rings (SSSR count). The summed E-state index contributed by atoms with van der Waals surface area (Å²) in [5, 5.41) is 3.22. The van der Waals surface area contributed by atoms with Crippen LogP contribution in [0.15, 0.2) is 0 Å². The minimum Gasteiger partial charge on any atom is -0.317 e. The van der Waals surface area contributed by atoms with Gasteiger partial charge in [-0.05, 0) is 38.3 Å². The van der Waals surface area contributed by atoms with Gasteiger partial charge in [0.05, 0.1) is 0 Å². The van der Waals surface area contributed by atoms with Gasteiger partial charge in [0.1, 0.15) is 0 Å². The minimum absolute atomic E-state index is 0.581. The lowest BCUT2D eigenvalue weighted by atomic mass is 10.3. The third kappa shape index (κ3) is 5.17. The van der Waals surface area contributed by atoms with E-state index in [0.29, 0.717) is 19.6 Å². The summed E-state index contributed by atoms with van der Waals surface area (Å²) in [6, 6.07) is 0. The zero-order chi connectivity index (χ0) is 15.3. The number of nitrogens with one attached hydrogen (secondary N) is 1. The Morgan fingerprint density at radius 2 is 1.86 bits per heavy atom. The Morgan fingerprint density at radius 3 is 2.43 bits per heavy atom. The molecule has 0 atom stereocenters. The van der Waals surface area contributed by atoms with Gasteiger partial charge < -0.3 is 10.2 Å². The second-order valence-electron chi connectivity index (χ2n) is 6.18. The van der Waals surface area contributed by atoms with E-state index in [0.717, 1.165) is 45.1 Å². The summed E-state index contributed by atoms with van der Waals surface area (Å²) in [7, 11) is -1.58. The van der Waals surface area contributed by atoms with E-state index in [9.17, 15) is 8.42 Å². The van der Waals surface area contributed by atoms with Gasteiger partial charge in [-0.15, -0.1) is 0 Å². The van der Waals surface area contributed by atoms with Gasteiger partial charge in [-0.2, -0.15) is 17.0 Å². The molecule has 1 saturated heterocycles. The smallest absolute Gasteiger partial charge is 0.281 e. The van der Waals surface area contributed by atoms with E-state index in [4.69, 9.17) is 0 Å². The summed E-state index contributed by atoms with van der Waals surface area (Å²) >= 11 is 0. The predicted octanol–water partition coefficient (Wildman–Crippen LogP) is 0.190. The van der Waals surface area contributed by atoms with Crippen molar-refractivity contribution in [2.45, 2.75) is 26.2 Å². The van der Waals surface area contributed by atoms with Gasteiger partial charge in [0.2, 0.25) is 0 Å². The number of hydrogen-bond acceptors (Lipinski definition) is 4. The quantitative estimate of drug-likeness (QED) is 0.617. The third-order valence-electron chi connectivity index (χ3n) is 4.34. The van der Waals surface area contributed by atoms with Crippen molar-refractivity contribution in [3.05, 3.63) is 0 Å². The summed E-state index contributed by atoms with van der Waals surface area (Å²) < 4.78 is 28.2. The molecule has 0 aromatic rings. The van der Waals surface area contributed by atoms with E-state index in [1.807, 2.05) is 0 Å². The fraction of sp³-hybridized carbons (Fsp3) is 1.00. The summed E-state index contributed by atoms with van der Waals surface area (Å²) in [6.07, 6.45) is 3.56. The number of rotatable bonds is 9. The zero-order valence-corrected chi connectivity index (χ0v) is 14.2. The maximum absolute atomic E-state index is 12.5. The van der Waals surface area contributed by atoms with Crippen LogP contribution in [0.5, 0.6) is 0 Å². The highest BCUT2D eigenvalue weighted by atomic mass is 32.2. The molecule has 0 unspecified atom stereocenters. The minimum atomic E-state index is -3.27. The van der Waals surface area contributed by atoms with E-state index in [1.54, 1.807) is 11.4 Å². The van der Waals surface area contributed by atoms with Crippen LogP contribution in [-0.4, -0.2) is 81.3 Å². The van der Waals surface area contributed by atoms with Crippen molar-refractivity contribution in [2.24, 2.45) is 5.92 Å². The summed E-state index contributed by atoms with van der Waals surface area (Å²) in [5.41, 5.74) is 0. The fourth-order valence-corrected chi connectivity index (χ4v) is 4.10. The van der Waals surface area contributed by atoms with Crippen molar-refractivity contribution in [2.75, 3.05) is 59.4 Å². The highest BCUT2D eigenvalue weighted by molar-refractivity contribution is 7.86. The maximum Gasteiger partial charge on any atom is 0.281 e. The second kappa shape index (κ2) is 7.87. The normalized spacial score (nSPS) is 22.0. The first-order chi connectivity index (χ1) is 10.0. The number of nitrogens with zero attached hydrogens (tertiary/aromatic N) is 3. The molecule has 6 nitrogen and oxygen atoms in total. The molecule has 0 amide bonds. The van der Waals surface area contributed by atoms with Crippen LogP contribution < -0.4 is 5.32 Å². The molecule has 0 spiro atoms. The maximum atomic E-state index is 12.5. The molecule has 1 N–H and O–H groups in total. The van der Waals surface area contributed by atoms with Crippen LogP contribution in [0.1, 0.15) is 26.2 Å². The molecule has 2 fully saturated rings. The molecule has 0 radical (unpaired) electrons. The Kier molecular flexibility index (Phi) is 6.43.